The van der Waals surface area contributed by atoms with Crippen LogP contribution in [0.5, 0.6) is 0 Å². The quantitative estimate of drug-likeness (QED) is 0.884. The Labute approximate surface area is 118 Å². The maximum atomic E-state index is 12.2. The molecule has 2 N–H and O–H groups in total. The number of carbonyl (C=O) groups excluding carboxylic acids is 2. The monoisotopic (exact) mass is 278 g/mol. The van der Waals surface area contributed by atoms with Gasteiger partial charge in [0.1, 0.15) is 0 Å². The molecule has 1 aliphatic heterocycles. The molecule has 6 nitrogen and oxygen atoms in total. The summed E-state index contributed by atoms with van der Waals surface area (Å²) in [5, 5.41) is 9.83. The second kappa shape index (κ2) is 6.07. The molecule has 1 unspecified atom stereocenters. The smallest absolute Gasteiger partial charge is 0.230 e. The number of rotatable bonds is 3. The average molecular weight is 278 g/mol. The van der Waals surface area contributed by atoms with Gasteiger partial charge in [0.15, 0.2) is 5.82 Å². The molecule has 0 bridgehead atoms. The normalized spacial score (nSPS) is 19.2. The number of piperidine rings is 1. The lowest BCUT2D eigenvalue weighted by atomic mass is 9.97. The molecule has 2 amide bonds. The van der Waals surface area contributed by atoms with Gasteiger partial charge in [0.2, 0.25) is 11.8 Å². The summed E-state index contributed by atoms with van der Waals surface area (Å²) in [6, 6.07) is 1.86. The molecule has 1 atom stereocenters. The molecule has 1 aromatic heterocycles. The van der Waals surface area contributed by atoms with Crippen LogP contribution in [-0.2, 0) is 9.59 Å². The molecule has 0 spiro atoms. The first-order chi connectivity index (χ1) is 9.47. The van der Waals surface area contributed by atoms with Gasteiger partial charge in [-0.15, -0.1) is 0 Å². The fourth-order valence-corrected chi connectivity index (χ4v) is 2.40. The fourth-order valence-electron chi connectivity index (χ4n) is 2.40. The van der Waals surface area contributed by atoms with Gasteiger partial charge in [0.05, 0.1) is 5.92 Å². The van der Waals surface area contributed by atoms with E-state index < -0.39 is 0 Å². The highest BCUT2D eigenvalue weighted by atomic mass is 16.2. The van der Waals surface area contributed by atoms with Crippen molar-refractivity contribution in [3.63, 3.8) is 0 Å². The summed E-state index contributed by atoms with van der Waals surface area (Å²) in [6.45, 7) is 6.92. The first-order valence-electron chi connectivity index (χ1n) is 7.09. The number of amides is 2. The van der Waals surface area contributed by atoms with Crippen LogP contribution >= 0.6 is 0 Å². The Balaban J connectivity index is 1.95. The van der Waals surface area contributed by atoms with Crippen molar-refractivity contribution in [2.24, 2.45) is 5.92 Å². The molecule has 6 heteroatoms. The number of hydrogen-bond donors (Lipinski definition) is 2. The van der Waals surface area contributed by atoms with E-state index in [2.05, 4.69) is 29.4 Å². The van der Waals surface area contributed by atoms with E-state index in [1.807, 2.05) is 6.07 Å². The van der Waals surface area contributed by atoms with E-state index in [1.54, 1.807) is 11.8 Å². The molecule has 1 saturated heterocycles. The summed E-state index contributed by atoms with van der Waals surface area (Å²) < 4.78 is 0. The first kappa shape index (κ1) is 14.6. The molecule has 2 heterocycles. The SMILES string of the molecule is CC(=O)N1CCCC(C(=O)Nc2cc(C(C)C)[nH]n2)C1. The second-order valence-electron chi connectivity index (χ2n) is 5.66. The van der Waals surface area contributed by atoms with Crippen molar-refractivity contribution < 1.29 is 9.59 Å². The van der Waals surface area contributed by atoms with Gasteiger partial charge >= 0.3 is 0 Å². The van der Waals surface area contributed by atoms with Crippen LogP contribution in [0.3, 0.4) is 0 Å². The van der Waals surface area contributed by atoms with Gasteiger partial charge in [0, 0.05) is 31.8 Å². The van der Waals surface area contributed by atoms with Crippen molar-refractivity contribution in [2.75, 3.05) is 18.4 Å². The Kier molecular flexibility index (Phi) is 4.42. The highest BCUT2D eigenvalue weighted by Gasteiger charge is 2.27. The van der Waals surface area contributed by atoms with Gasteiger partial charge < -0.3 is 10.2 Å². The van der Waals surface area contributed by atoms with E-state index in [-0.39, 0.29) is 17.7 Å². The van der Waals surface area contributed by atoms with E-state index in [0.717, 1.165) is 25.1 Å². The molecule has 1 fully saturated rings. The third-order valence-corrected chi connectivity index (χ3v) is 3.71. The first-order valence-corrected chi connectivity index (χ1v) is 7.09. The summed E-state index contributed by atoms with van der Waals surface area (Å²) in [5.41, 5.74) is 0.995. The standard InChI is InChI=1S/C14H22N4O2/c1-9(2)12-7-13(17-16-12)15-14(20)11-5-4-6-18(8-11)10(3)19/h7,9,11H,4-6,8H2,1-3H3,(H2,15,16,17,20). The highest BCUT2D eigenvalue weighted by Crippen LogP contribution is 2.20. The van der Waals surface area contributed by atoms with Crippen LogP contribution in [0.2, 0.25) is 0 Å². The highest BCUT2D eigenvalue weighted by molar-refractivity contribution is 5.92. The Bertz CT molecular complexity index is 495. The average Bonchev–Trinajstić information content (AvgIpc) is 2.87. The molecular weight excluding hydrogens is 256 g/mol. The zero-order valence-corrected chi connectivity index (χ0v) is 12.3. The van der Waals surface area contributed by atoms with Crippen LogP contribution in [0.25, 0.3) is 0 Å². The molecule has 0 aromatic carbocycles. The van der Waals surface area contributed by atoms with Crippen molar-refractivity contribution in [2.45, 2.75) is 39.5 Å². The maximum Gasteiger partial charge on any atom is 0.230 e. The lowest BCUT2D eigenvalue weighted by Crippen LogP contribution is -2.42. The predicted octanol–water partition coefficient (Wildman–Crippen LogP) is 1.73. The van der Waals surface area contributed by atoms with Gasteiger partial charge in [-0.1, -0.05) is 13.8 Å². The van der Waals surface area contributed by atoms with Gasteiger partial charge in [-0.05, 0) is 18.8 Å². The Morgan fingerprint density at radius 2 is 2.25 bits per heavy atom. The predicted molar refractivity (Wildman–Crippen MR) is 76.3 cm³/mol. The van der Waals surface area contributed by atoms with E-state index in [9.17, 15) is 9.59 Å². The van der Waals surface area contributed by atoms with Crippen LogP contribution < -0.4 is 5.32 Å². The summed E-state index contributed by atoms with van der Waals surface area (Å²) in [6.07, 6.45) is 1.69. The number of nitrogens with one attached hydrogen (secondary N) is 2. The van der Waals surface area contributed by atoms with Crippen molar-refractivity contribution in [1.29, 1.82) is 0 Å². The number of nitrogens with zero attached hydrogens (tertiary/aromatic N) is 2. The molecule has 2 rings (SSSR count). The minimum Gasteiger partial charge on any atom is -0.342 e. The number of H-pyrrole nitrogens is 1. The van der Waals surface area contributed by atoms with E-state index in [1.165, 1.54) is 0 Å². The molecule has 110 valence electrons. The minimum atomic E-state index is -0.146. The number of carbonyl (C=O) groups is 2. The Morgan fingerprint density at radius 1 is 1.50 bits per heavy atom. The number of anilines is 1. The van der Waals surface area contributed by atoms with Crippen LogP contribution in [0.4, 0.5) is 5.82 Å². The molecule has 0 aliphatic carbocycles. The molecule has 20 heavy (non-hydrogen) atoms. The Hall–Kier alpha value is -1.85. The largest absolute Gasteiger partial charge is 0.342 e. The summed E-state index contributed by atoms with van der Waals surface area (Å²) >= 11 is 0. The van der Waals surface area contributed by atoms with Crippen molar-refractivity contribution in [3.05, 3.63) is 11.8 Å². The lowest BCUT2D eigenvalue weighted by Gasteiger charge is -2.31. The third-order valence-electron chi connectivity index (χ3n) is 3.71. The van der Waals surface area contributed by atoms with E-state index in [0.29, 0.717) is 18.3 Å². The van der Waals surface area contributed by atoms with Crippen LogP contribution in [0, 0.1) is 5.92 Å². The zero-order chi connectivity index (χ0) is 14.7. The van der Waals surface area contributed by atoms with E-state index in [4.69, 9.17) is 0 Å². The van der Waals surface area contributed by atoms with Gasteiger partial charge in [-0.2, -0.15) is 5.10 Å². The Morgan fingerprint density at radius 3 is 2.85 bits per heavy atom. The number of likely N-dealkylation sites (tertiary alicyclic amines) is 1. The van der Waals surface area contributed by atoms with Crippen LogP contribution in [0.1, 0.15) is 45.2 Å². The molecule has 0 radical (unpaired) electrons. The van der Waals surface area contributed by atoms with Gasteiger partial charge in [0.25, 0.3) is 0 Å². The molecule has 1 aliphatic rings. The minimum absolute atomic E-state index is 0.0318. The maximum absolute atomic E-state index is 12.2. The van der Waals surface area contributed by atoms with Crippen molar-refractivity contribution in [3.8, 4) is 0 Å². The number of hydrogen-bond acceptors (Lipinski definition) is 3. The second-order valence-corrected chi connectivity index (χ2v) is 5.66. The van der Waals surface area contributed by atoms with Crippen molar-refractivity contribution >= 4 is 17.6 Å². The fraction of sp³-hybridized carbons (Fsp3) is 0.643. The summed E-state index contributed by atoms with van der Waals surface area (Å²) in [5.74, 6) is 0.726. The van der Waals surface area contributed by atoms with Gasteiger partial charge in [-0.3, -0.25) is 14.7 Å². The van der Waals surface area contributed by atoms with Gasteiger partial charge in [-0.25, -0.2) is 0 Å². The van der Waals surface area contributed by atoms with Crippen LogP contribution in [-0.4, -0.2) is 40.0 Å². The summed E-state index contributed by atoms with van der Waals surface area (Å²) in [7, 11) is 0. The number of aromatic nitrogens is 2. The zero-order valence-electron chi connectivity index (χ0n) is 12.3. The molecule has 1 aromatic rings. The summed E-state index contributed by atoms with van der Waals surface area (Å²) in [4.78, 5) is 25.3. The third kappa shape index (κ3) is 3.37. The van der Waals surface area contributed by atoms with Crippen molar-refractivity contribution in [1.82, 2.24) is 15.1 Å². The topological polar surface area (TPSA) is 78.1 Å². The lowest BCUT2D eigenvalue weighted by molar-refractivity contribution is -0.132. The molecular formula is C14H22N4O2. The van der Waals surface area contributed by atoms with E-state index >= 15 is 0 Å². The number of aromatic amines is 1. The van der Waals surface area contributed by atoms with Crippen LogP contribution in [0.15, 0.2) is 6.07 Å². The molecule has 0 saturated carbocycles.